The SMILES string of the molecule is Cn1c2c(-c3cccc(-c4nc(-c5cc(-c6ccccc6)cc(-c6ccccc6)c5)nc(-c5cc(-c6ccccc6)cc(-c6ccccc6)c5)n4)c3)cc(C(C)(C)C)cc2c2cc(C(C)(C)C)cc(-c3cccc(-c4nc(-c5cc(-c6ccccc6)cc(-c6ccccc6)c5)nc(-c5cc(-c6ccccc6)cc(-c6ccccc6)c5)n4)c3)c21. The summed E-state index contributed by atoms with van der Waals surface area (Å²) in [6.45, 7) is 13.9. The molecule has 0 saturated carbocycles. The summed E-state index contributed by atoms with van der Waals surface area (Å²) in [5.41, 5.74) is 31.0. The summed E-state index contributed by atoms with van der Waals surface area (Å²) in [5.74, 6) is 3.39. The lowest BCUT2D eigenvalue weighted by Gasteiger charge is -2.22. The Morgan fingerprint density at radius 1 is 0.169 bits per heavy atom. The second-order valence-electron chi connectivity index (χ2n) is 32.8. The Bertz CT molecular complexity index is 6010. The summed E-state index contributed by atoms with van der Waals surface area (Å²) in [6, 6.07) is 139. The van der Waals surface area contributed by atoms with Gasteiger partial charge in [-0.2, -0.15) is 0 Å². The Balaban J connectivity index is 0.800. The van der Waals surface area contributed by atoms with Gasteiger partial charge in [-0.3, -0.25) is 0 Å². The van der Waals surface area contributed by atoms with E-state index < -0.39 is 0 Å². The van der Waals surface area contributed by atoms with E-state index in [1.54, 1.807) is 0 Å². The van der Waals surface area contributed by atoms with Crippen LogP contribution >= 0.6 is 0 Å². The van der Waals surface area contributed by atoms with Crippen LogP contribution in [0.25, 0.3) is 201 Å². The van der Waals surface area contributed by atoms with Crippen molar-refractivity contribution in [3.63, 3.8) is 0 Å². The van der Waals surface area contributed by atoms with Crippen molar-refractivity contribution in [2.45, 2.75) is 52.4 Å². The van der Waals surface area contributed by atoms with Gasteiger partial charge < -0.3 is 4.57 Å². The minimum absolute atomic E-state index is 0.237. The van der Waals surface area contributed by atoms with Gasteiger partial charge in [-0.15, -0.1) is 0 Å². The highest BCUT2D eigenvalue weighted by Crippen LogP contribution is 2.47. The van der Waals surface area contributed by atoms with Crippen LogP contribution < -0.4 is 0 Å². The molecular formula is C111H85N7. The van der Waals surface area contributed by atoms with E-state index >= 15 is 0 Å². The molecule has 0 aliphatic rings. The molecule has 0 unspecified atom stereocenters. The van der Waals surface area contributed by atoms with E-state index in [1.165, 1.54) is 21.9 Å². The Hall–Kier alpha value is -14.7. The molecule has 7 nitrogen and oxygen atoms in total. The Kier molecular flexibility index (Phi) is 19.3. The number of nitrogens with zero attached hydrogens (tertiary/aromatic N) is 7. The van der Waals surface area contributed by atoms with Crippen molar-refractivity contribution in [2.24, 2.45) is 7.05 Å². The van der Waals surface area contributed by atoms with Crippen molar-refractivity contribution in [3.8, 4) is 180 Å². The predicted octanol–water partition coefficient (Wildman–Crippen LogP) is 29.0. The molecule has 0 atom stereocenters. The van der Waals surface area contributed by atoms with Gasteiger partial charge in [-0.05, 0) is 231 Å². The van der Waals surface area contributed by atoms with E-state index in [0.29, 0.717) is 34.9 Å². The van der Waals surface area contributed by atoms with Crippen LogP contribution in [0, 0.1) is 0 Å². The van der Waals surface area contributed by atoms with Gasteiger partial charge >= 0.3 is 0 Å². The topological polar surface area (TPSA) is 82.3 Å². The summed E-state index contributed by atoms with van der Waals surface area (Å²) >= 11 is 0. The zero-order chi connectivity index (χ0) is 80.0. The molecule has 3 heterocycles. The van der Waals surface area contributed by atoms with Gasteiger partial charge in [0.05, 0.1) is 11.0 Å². The van der Waals surface area contributed by atoms with Gasteiger partial charge in [-0.25, -0.2) is 29.9 Å². The molecule has 0 saturated heterocycles. The lowest BCUT2D eigenvalue weighted by molar-refractivity contribution is 0.590. The second-order valence-corrected chi connectivity index (χ2v) is 32.8. The summed E-state index contributed by atoms with van der Waals surface area (Å²) in [4.78, 5) is 33.5. The van der Waals surface area contributed by atoms with Crippen molar-refractivity contribution in [2.75, 3.05) is 0 Å². The highest BCUT2D eigenvalue weighted by atomic mass is 15.0. The minimum atomic E-state index is -0.237. The lowest BCUT2D eigenvalue weighted by atomic mass is 9.82. The maximum Gasteiger partial charge on any atom is 0.164 e. The van der Waals surface area contributed by atoms with E-state index in [4.69, 9.17) is 29.9 Å². The largest absolute Gasteiger partial charge is 0.343 e. The van der Waals surface area contributed by atoms with E-state index in [-0.39, 0.29) is 10.8 Å². The predicted molar refractivity (Wildman–Crippen MR) is 492 cm³/mol. The van der Waals surface area contributed by atoms with Crippen LogP contribution in [-0.4, -0.2) is 34.5 Å². The minimum Gasteiger partial charge on any atom is -0.343 e. The van der Waals surface area contributed by atoms with E-state index in [0.717, 1.165) is 156 Å². The maximum absolute atomic E-state index is 5.60. The number of rotatable bonds is 16. The van der Waals surface area contributed by atoms with Crippen LogP contribution in [0.1, 0.15) is 52.7 Å². The summed E-state index contributed by atoms with van der Waals surface area (Å²) in [5, 5.41) is 2.34. The lowest BCUT2D eigenvalue weighted by Crippen LogP contribution is -2.11. The van der Waals surface area contributed by atoms with Crippen LogP contribution in [0.5, 0.6) is 0 Å². The zero-order valence-electron chi connectivity index (χ0n) is 67.1. The molecule has 3 aromatic heterocycles. The first-order valence-corrected chi connectivity index (χ1v) is 40.5. The number of hydrogen-bond donors (Lipinski definition) is 0. The first-order valence-electron chi connectivity index (χ1n) is 40.5. The number of fused-ring (bicyclic) bond motifs is 3. The zero-order valence-corrected chi connectivity index (χ0v) is 67.1. The summed E-state index contributed by atoms with van der Waals surface area (Å²) < 4.78 is 2.44. The standard InChI is InChI=1S/C111H85N7/c1-110(2,3)96-68-98(80-50-32-52-82(54-80)104-112-106(92-60-84(72-34-16-8-17-35-72)56-85(61-92)73-36-18-9-19-37-73)116-107(113-104)93-62-86(74-38-20-10-21-39-74)57-87(63-93)75-40-22-11-23-41-75)102-100(70-96)101-71-97(111(4,5)6)69-99(103(101)118(102)7)81-51-33-53-83(55-81)105-114-108(94-64-88(76-42-24-12-25-43-76)58-89(65-94)77-44-26-13-27-45-77)117-109(115-105)95-66-90(78-46-28-14-29-47-78)59-91(67-95)79-48-30-15-31-49-79/h8-71H,1-7H3. The smallest absolute Gasteiger partial charge is 0.164 e. The van der Waals surface area contributed by atoms with Gasteiger partial charge in [-0.1, -0.05) is 321 Å². The highest BCUT2D eigenvalue weighted by Gasteiger charge is 2.28. The molecule has 0 amide bonds. The molecule has 0 spiro atoms. The monoisotopic (exact) mass is 1520 g/mol. The molecule has 0 aliphatic carbocycles. The third-order valence-electron chi connectivity index (χ3n) is 22.7. The molecular weight excluding hydrogens is 1430 g/mol. The van der Waals surface area contributed by atoms with Crippen LogP contribution in [0.2, 0.25) is 0 Å². The van der Waals surface area contributed by atoms with Gasteiger partial charge in [0.1, 0.15) is 0 Å². The van der Waals surface area contributed by atoms with E-state index in [1.807, 2.05) is 0 Å². The van der Waals surface area contributed by atoms with Crippen LogP contribution in [0.3, 0.4) is 0 Å². The fraction of sp³-hybridized carbons (Fsp3) is 0.0811. The van der Waals surface area contributed by atoms with Crippen molar-refractivity contribution < 1.29 is 0 Å². The van der Waals surface area contributed by atoms with Crippen molar-refractivity contribution in [1.29, 1.82) is 0 Å². The molecule has 0 fully saturated rings. The molecule has 19 aromatic rings. The fourth-order valence-corrected chi connectivity index (χ4v) is 16.4. The first-order chi connectivity index (χ1) is 57.6. The van der Waals surface area contributed by atoms with Gasteiger partial charge in [0.25, 0.3) is 0 Å². The number of hydrogen-bond acceptors (Lipinski definition) is 6. The molecule has 118 heavy (non-hydrogen) atoms. The number of aromatic nitrogens is 7. The molecule has 19 rings (SSSR count). The first kappa shape index (κ1) is 73.5. The average molecular weight is 1520 g/mol. The normalized spacial score (nSPS) is 11.7. The molecule has 16 aromatic carbocycles. The molecule has 7 heteroatoms. The van der Waals surface area contributed by atoms with Gasteiger partial charge in [0.15, 0.2) is 34.9 Å². The Morgan fingerprint density at radius 2 is 0.339 bits per heavy atom. The molecule has 0 bridgehead atoms. The van der Waals surface area contributed by atoms with Crippen molar-refractivity contribution in [3.05, 3.63) is 399 Å². The van der Waals surface area contributed by atoms with Crippen LogP contribution in [-0.2, 0) is 17.9 Å². The maximum atomic E-state index is 5.60. The van der Waals surface area contributed by atoms with Crippen molar-refractivity contribution >= 4 is 21.8 Å². The van der Waals surface area contributed by atoms with Crippen LogP contribution in [0.4, 0.5) is 0 Å². The summed E-state index contributed by atoms with van der Waals surface area (Å²) in [6.07, 6.45) is 0. The Labute approximate surface area is 690 Å². The third-order valence-corrected chi connectivity index (χ3v) is 22.7. The van der Waals surface area contributed by atoms with E-state index in [9.17, 15) is 0 Å². The van der Waals surface area contributed by atoms with Gasteiger partial charge in [0.2, 0.25) is 0 Å². The second kappa shape index (κ2) is 30.9. The molecule has 0 radical (unpaired) electrons. The number of aryl methyl sites for hydroxylation is 1. The van der Waals surface area contributed by atoms with E-state index in [2.05, 4.69) is 441 Å². The Morgan fingerprint density at radius 3 is 0.542 bits per heavy atom. The fourth-order valence-electron chi connectivity index (χ4n) is 16.4. The third kappa shape index (κ3) is 14.9. The molecule has 0 aliphatic heterocycles. The quantitative estimate of drug-likeness (QED) is 0.0959. The average Bonchev–Trinajstić information content (AvgIpc) is 1.56. The van der Waals surface area contributed by atoms with Crippen LogP contribution in [0.15, 0.2) is 388 Å². The van der Waals surface area contributed by atoms with Gasteiger partial charge in [0, 0.05) is 62.3 Å². The molecule has 0 N–H and O–H groups in total. The number of benzene rings is 16. The molecule has 564 valence electrons. The van der Waals surface area contributed by atoms with Crippen molar-refractivity contribution in [1.82, 2.24) is 34.5 Å². The highest BCUT2D eigenvalue weighted by molar-refractivity contribution is 6.17. The summed E-state index contributed by atoms with van der Waals surface area (Å²) in [7, 11) is 2.25.